The van der Waals surface area contributed by atoms with Crippen molar-refractivity contribution in [2.45, 2.75) is 38.7 Å². The highest BCUT2D eigenvalue weighted by Gasteiger charge is 2.40. The number of hydrogen-bond acceptors (Lipinski definition) is 2. The number of ether oxygens (including phenoxy) is 1. The summed E-state index contributed by atoms with van der Waals surface area (Å²) in [6, 6.07) is 7.84. The van der Waals surface area contributed by atoms with Crippen LogP contribution in [0.3, 0.4) is 0 Å². The number of aliphatic hydroxyl groups is 1. The van der Waals surface area contributed by atoms with Gasteiger partial charge in [-0.15, -0.1) is 0 Å². The maximum atomic E-state index is 10.4. The van der Waals surface area contributed by atoms with Crippen molar-refractivity contribution in [3.05, 3.63) is 29.8 Å². The molecular formula is C14H20O2. The van der Waals surface area contributed by atoms with E-state index < -0.39 is 5.60 Å². The fraction of sp³-hybridized carbons (Fsp3) is 0.571. The summed E-state index contributed by atoms with van der Waals surface area (Å²) >= 11 is 0. The van der Waals surface area contributed by atoms with Crippen molar-refractivity contribution in [1.29, 1.82) is 0 Å². The van der Waals surface area contributed by atoms with Gasteiger partial charge >= 0.3 is 0 Å². The van der Waals surface area contributed by atoms with Crippen molar-refractivity contribution >= 4 is 0 Å². The normalized spacial score (nSPS) is 19.2. The molecule has 1 N–H and O–H groups in total. The molecule has 1 saturated carbocycles. The summed E-state index contributed by atoms with van der Waals surface area (Å²) in [5.74, 6) is 1.33. The molecule has 2 rings (SSSR count). The minimum absolute atomic E-state index is 0.440. The molecule has 1 unspecified atom stereocenters. The molecule has 0 spiro atoms. The predicted octanol–water partition coefficient (Wildman–Crippen LogP) is 3.09. The summed E-state index contributed by atoms with van der Waals surface area (Å²) in [4.78, 5) is 0. The Bertz CT molecular complexity index is 336. The van der Waals surface area contributed by atoms with Crippen LogP contribution in [0.5, 0.6) is 5.75 Å². The molecule has 0 radical (unpaired) electrons. The third-order valence-corrected chi connectivity index (χ3v) is 3.28. The van der Waals surface area contributed by atoms with Gasteiger partial charge in [-0.25, -0.2) is 0 Å². The molecule has 88 valence electrons. The van der Waals surface area contributed by atoms with Crippen molar-refractivity contribution in [3.8, 4) is 5.75 Å². The van der Waals surface area contributed by atoms with E-state index in [9.17, 15) is 5.11 Å². The summed E-state index contributed by atoms with van der Waals surface area (Å²) in [5.41, 5.74) is 0.336. The number of benzene rings is 1. The molecule has 1 atom stereocenters. The van der Waals surface area contributed by atoms with Gasteiger partial charge in [0.25, 0.3) is 0 Å². The monoisotopic (exact) mass is 220 g/mol. The third kappa shape index (κ3) is 2.38. The second-order valence-corrected chi connectivity index (χ2v) is 4.79. The van der Waals surface area contributed by atoms with Crippen LogP contribution in [0.2, 0.25) is 0 Å². The molecule has 1 fully saturated rings. The van der Waals surface area contributed by atoms with Gasteiger partial charge in [0.15, 0.2) is 0 Å². The molecule has 1 aromatic rings. The minimum atomic E-state index is -0.663. The van der Waals surface area contributed by atoms with Crippen LogP contribution in [0.15, 0.2) is 24.3 Å². The van der Waals surface area contributed by atoms with Crippen LogP contribution in [0.4, 0.5) is 0 Å². The summed E-state index contributed by atoms with van der Waals surface area (Å²) in [7, 11) is 0. The molecule has 0 bridgehead atoms. The molecule has 0 aromatic heterocycles. The molecule has 2 nitrogen and oxygen atoms in total. The summed E-state index contributed by atoms with van der Waals surface area (Å²) in [6.07, 6.45) is 3.30. The van der Waals surface area contributed by atoms with E-state index in [0.717, 1.165) is 37.2 Å². The Kier molecular flexibility index (Phi) is 3.20. The number of hydrogen-bond donors (Lipinski definition) is 1. The lowest BCUT2D eigenvalue weighted by Crippen LogP contribution is -2.23. The van der Waals surface area contributed by atoms with Crippen molar-refractivity contribution in [2.75, 3.05) is 6.61 Å². The van der Waals surface area contributed by atoms with E-state index >= 15 is 0 Å². The van der Waals surface area contributed by atoms with Crippen LogP contribution in [0, 0.1) is 5.92 Å². The molecule has 2 heteroatoms. The largest absolute Gasteiger partial charge is 0.494 e. The maximum absolute atomic E-state index is 10.4. The first-order valence-corrected chi connectivity index (χ1v) is 6.10. The molecule has 1 aliphatic carbocycles. The average Bonchev–Trinajstić information content (AvgIpc) is 3.11. The van der Waals surface area contributed by atoms with Gasteiger partial charge in [0, 0.05) is 0 Å². The van der Waals surface area contributed by atoms with Crippen LogP contribution in [0.25, 0.3) is 0 Å². The highest BCUT2D eigenvalue weighted by atomic mass is 16.5. The standard InChI is InChI=1S/C14H20O2/c1-3-10-16-13-8-6-12(7-9-13)14(2,15)11-4-5-11/h6-9,11,15H,3-5,10H2,1-2H3. The molecule has 0 heterocycles. The smallest absolute Gasteiger partial charge is 0.119 e. The first-order valence-electron chi connectivity index (χ1n) is 6.10. The Hall–Kier alpha value is -1.02. The summed E-state index contributed by atoms with van der Waals surface area (Å²) in [5, 5.41) is 10.4. The second-order valence-electron chi connectivity index (χ2n) is 4.79. The van der Waals surface area contributed by atoms with E-state index in [1.165, 1.54) is 0 Å². The number of rotatable bonds is 5. The Balaban J connectivity index is 2.06. The van der Waals surface area contributed by atoms with E-state index in [-0.39, 0.29) is 0 Å². The van der Waals surface area contributed by atoms with E-state index in [1.54, 1.807) is 0 Å². The maximum Gasteiger partial charge on any atom is 0.119 e. The third-order valence-electron chi connectivity index (χ3n) is 3.28. The quantitative estimate of drug-likeness (QED) is 0.826. The lowest BCUT2D eigenvalue weighted by Gasteiger charge is -2.23. The Morgan fingerprint density at radius 2 is 1.94 bits per heavy atom. The van der Waals surface area contributed by atoms with E-state index in [1.807, 2.05) is 31.2 Å². The van der Waals surface area contributed by atoms with Gasteiger partial charge in [-0.3, -0.25) is 0 Å². The van der Waals surface area contributed by atoms with Crippen molar-refractivity contribution in [1.82, 2.24) is 0 Å². The van der Waals surface area contributed by atoms with Crippen molar-refractivity contribution < 1.29 is 9.84 Å². The van der Waals surface area contributed by atoms with E-state index in [0.29, 0.717) is 5.92 Å². The van der Waals surface area contributed by atoms with Crippen LogP contribution in [-0.2, 0) is 5.60 Å². The average molecular weight is 220 g/mol. The Morgan fingerprint density at radius 1 is 1.31 bits per heavy atom. The molecule has 0 saturated heterocycles. The Morgan fingerprint density at radius 3 is 2.44 bits per heavy atom. The lowest BCUT2D eigenvalue weighted by atomic mass is 9.91. The highest BCUT2D eigenvalue weighted by molar-refractivity contribution is 5.31. The molecular weight excluding hydrogens is 200 g/mol. The summed E-state index contributed by atoms with van der Waals surface area (Å²) in [6.45, 7) is 4.75. The van der Waals surface area contributed by atoms with Gasteiger partial charge in [0.2, 0.25) is 0 Å². The van der Waals surface area contributed by atoms with Gasteiger partial charge in [-0.1, -0.05) is 19.1 Å². The second kappa shape index (κ2) is 4.46. The highest BCUT2D eigenvalue weighted by Crippen LogP contribution is 2.45. The van der Waals surface area contributed by atoms with Crippen molar-refractivity contribution in [3.63, 3.8) is 0 Å². The zero-order valence-electron chi connectivity index (χ0n) is 10.1. The van der Waals surface area contributed by atoms with E-state index in [4.69, 9.17) is 4.74 Å². The molecule has 1 aromatic carbocycles. The van der Waals surface area contributed by atoms with Crippen LogP contribution < -0.4 is 4.74 Å². The SMILES string of the molecule is CCCOc1ccc(C(C)(O)C2CC2)cc1. The molecule has 0 aliphatic heterocycles. The van der Waals surface area contributed by atoms with Crippen LogP contribution >= 0.6 is 0 Å². The van der Waals surface area contributed by atoms with Crippen LogP contribution in [-0.4, -0.2) is 11.7 Å². The van der Waals surface area contributed by atoms with Crippen molar-refractivity contribution in [2.24, 2.45) is 5.92 Å². The van der Waals surface area contributed by atoms with Gasteiger partial charge in [-0.2, -0.15) is 0 Å². The zero-order valence-corrected chi connectivity index (χ0v) is 10.1. The Labute approximate surface area is 97.3 Å². The lowest BCUT2D eigenvalue weighted by molar-refractivity contribution is 0.0330. The van der Waals surface area contributed by atoms with Gasteiger partial charge < -0.3 is 9.84 Å². The zero-order chi connectivity index (χ0) is 11.6. The first kappa shape index (κ1) is 11.5. The molecule has 0 amide bonds. The molecule has 16 heavy (non-hydrogen) atoms. The predicted molar refractivity (Wildman–Crippen MR) is 64.5 cm³/mol. The minimum Gasteiger partial charge on any atom is -0.494 e. The van der Waals surface area contributed by atoms with Gasteiger partial charge in [0.05, 0.1) is 12.2 Å². The van der Waals surface area contributed by atoms with Crippen LogP contribution in [0.1, 0.15) is 38.7 Å². The topological polar surface area (TPSA) is 29.5 Å². The van der Waals surface area contributed by atoms with Gasteiger partial charge in [-0.05, 0) is 49.8 Å². The molecule has 1 aliphatic rings. The van der Waals surface area contributed by atoms with Gasteiger partial charge in [0.1, 0.15) is 5.75 Å². The van der Waals surface area contributed by atoms with E-state index in [2.05, 4.69) is 6.92 Å². The fourth-order valence-electron chi connectivity index (χ4n) is 1.99. The fourth-order valence-corrected chi connectivity index (χ4v) is 1.99. The summed E-state index contributed by atoms with van der Waals surface area (Å²) < 4.78 is 5.52. The first-order chi connectivity index (χ1) is 7.64.